The number of hydrogen-bond acceptors (Lipinski definition) is 4. The number of halogens is 2. The molecule has 0 spiro atoms. The molecule has 6 nitrogen and oxygen atoms in total. The third-order valence-corrected chi connectivity index (χ3v) is 3.77. The molecule has 1 aromatic rings. The number of rotatable bonds is 3. The molecule has 1 fully saturated rings. The van der Waals surface area contributed by atoms with E-state index in [4.69, 9.17) is 0 Å². The minimum Gasteiger partial charge on any atom is -0.386 e. The zero-order valence-electron chi connectivity index (χ0n) is 11.5. The van der Waals surface area contributed by atoms with Gasteiger partial charge in [0.05, 0.1) is 18.0 Å². The van der Waals surface area contributed by atoms with E-state index in [2.05, 4.69) is 0 Å². The van der Waals surface area contributed by atoms with Crippen molar-refractivity contribution >= 4 is 11.6 Å². The average molecular weight is 300 g/mol. The van der Waals surface area contributed by atoms with Crippen molar-refractivity contribution in [3.8, 4) is 0 Å². The Hall–Kier alpha value is -2.09. The van der Waals surface area contributed by atoms with Gasteiger partial charge in [0.1, 0.15) is 17.0 Å². The molecule has 0 unspecified atom stereocenters. The molecule has 0 atom stereocenters. The van der Waals surface area contributed by atoms with Crippen LogP contribution in [0.5, 0.6) is 0 Å². The molecule has 2 rings (SSSR count). The number of nitro benzene ring substituents is 1. The molecule has 1 aliphatic heterocycles. The van der Waals surface area contributed by atoms with Crippen LogP contribution in [0.3, 0.4) is 0 Å². The number of carbonyl (C=O) groups is 1. The van der Waals surface area contributed by atoms with Gasteiger partial charge in [0.25, 0.3) is 5.91 Å². The number of β-amino-alcohol motifs (C(OH)–C–C–N with tert-alkyl or cyclic N) is 1. The topological polar surface area (TPSA) is 83.7 Å². The zero-order valence-corrected chi connectivity index (χ0v) is 11.5. The van der Waals surface area contributed by atoms with Crippen LogP contribution >= 0.6 is 0 Å². The summed E-state index contributed by atoms with van der Waals surface area (Å²) in [6.45, 7) is 3.39. The maximum absolute atomic E-state index is 13.9. The van der Waals surface area contributed by atoms with Gasteiger partial charge < -0.3 is 10.0 Å². The van der Waals surface area contributed by atoms with Crippen molar-refractivity contribution in [3.63, 3.8) is 0 Å². The molecule has 21 heavy (non-hydrogen) atoms. The molecule has 8 heteroatoms. The molecule has 1 amide bonds. The van der Waals surface area contributed by atoms with Crippen molar-refractivity contribution in [3.05, 3.63) is 39.4 Å². The van der Waals surface area contributed by atoms with E-state index in [-0.39, 0.29) is 19.0 Å². The Morgan fingerprint density at radius 2 is 2.00 bits per heavy atom. The SMILES string of the molecule is CC(C)C1(O)CN(C(=O)c2c(F)ccc([N+](=O)[O-])c2F)C1. The van der Waals surface area contributed by atoms with Crippen LogP contribution < -0.4 is 0 Å². The average Bonchev–Trinajstić information content (AvgIpc) is 2.33. The van der Waals surface area contributed by atoms with Crippen LogP contribution in [-0.4, -0.2) is 39.5 Å². The zero-order chi connectivity index (χ0) is 15.9. The molecular weight excluding hydrogens is 286 g/mol. The van der Waals surface area contributed by atoms with E-state index in [1.165, 1.54) is 0 Å². The number of carbonyl (C=O) groups excluding carboxylic acids is 1. The molecule has 0 bridgehead atoms. The molecule has 0 radical (unpaired) electrons. The largest absolute Gasteiger partial charge is 0.386 e. The maximum atomic E-state index is 13.9. The first-order chi connectivity index (χ1) is 9.67. The summed E-state index contributed by atoms with van der Waals surface area (Å²) in [5, 5.41) is 20.7. The van der Waals surface area contributed by atoms with Gasteiger partial charge in [-0.05, 0) is 12.0 Å². The van der Waals surface area contributed by atoms with Gasteiger partial charge in [0.2, 0.25) is 5.82 Å². The van der Waals surface area contributed by atoms with E-state index < -0.39 is 39.3 Å². The van der Waals surface area contributed by atoms with Crippen LogP contribution in [0.4, 0.5) is 14.5 Å². The monoisotopic (exact) mass is 300 g/mol. The van der Waals surface area contributed by atoms with Crippen molar-refractivity contribution in [1.82, 2.24) is 4.90 Å². The molecule has 1 heterocycles. The lowest BCUT2D eigenvalue weighted by Crippen LogP contribution is -2.66. The summed E-state index contributed by atoms with van der Waals surface area (Å²) in [5.74, 6) is -3.78. The molecule has 1 aromatic carbocycles. The van der Waals surface area contributed by atoms with Gasteiger partial charge in [-0.2, -0.15) is 4.39 Å². The number of nitrogens with zero attached hydrogens (tertiary/aromatic N) is 2. The molecule has 1 aliphatic rings. The van der Waals surface area contributed by atoms with E-state index >= 15 is 0 Å². The highest BCUT2D eigenvalue weighted by Gasteiger charge is 2.47. The first kappa shape index (κ1) is 15.3. The van der Waals surface area contributed by atoms with Crippen LogP contribution in [0, 0.1) is 27.7 Å². The minimum atomic E-state index is -1.50. The van der Waals surface area contributed by atoms with E-state index in [1.807, 2.05) is 0 Å². The van der Waals surface area contributed by atoms with Gasteiger partial charge >= 0.3 is 5.69 Å². The first-order valence-electron chi connectivity index (χ1n) is 6.31. The number of aliphatic hydroxyl groups is 1. The Balaban J connectivity index is 2.30. The van der Waals surface area contributed by atoms with Crippen molar-refractivity contribution in [2.45, 2.75) is 19.4 Å². The van der Waals surface area contributed by atoms with E-state index in [0.29, 0.717) is 12.1 Å². The predicted octanol–water partition coefficient (Wildman–Crippen LogP) is 1.72. The van der Waals surface area contributed by atoms with Gasteiger partial charge in [-0.3, -0.25) is 14.9 Å². The molecule has 0 aromatic heterocycles. The number of benzene rings is 1. The number of amides is 1. The molecule has 0 saturated carbocycles. The highest BCUT2D eigenvalue weighted by Crippen LogP contribution is 2.32. The summed E-state index contributed by atoms with van der Waals surface area (Å²) in [5.41, 5.74) is -3.02. The lowest BCUT2D eigenvalue weighted by atomic mass is 9.82. The fourth-order valence-electron chi connectivity index (χ4n) is 2.16. The first-order valence-corrected chi connectivity index (χ1v) is 6.31. The summed E-state index contributed by atoms with van der Waals surface area (Å²) >= 11 is 0. The van der Waals surface area contributed by atoms with Gasteiger partial charge in [-0.25, -0.2) is 4.39 Å². The number of hydrogen-bond donors (Lipinski definition) is 1. The summed E-state index contributed by atoms with van der Waals surface area (Å²) in [6, 6.07) is 1.35. The quantitative estimate of drug-likeness (QED) is 0.680. The second-order valence-corrected chi connectivity index (χ2v) is 5.43. The summed E-state index contributed by atoms with van der Waals surface area (Å²) in [6.07, 6.45) is 0. The summed E-state index contributed by atoms with van der Waals surface area (Å²) < 4.78 is 27.6. The second-order valence-electron chi connectivity index (χ2n) is 5.43. The lowest BCUT2D eigenvalue weighted by Gasteiger charge is -2.49. The molecule has 1 N–H and O–H groups in total. The van der Waals surface area contributed by atoms with Crippen LogP contribution in [-0.2, 0) is 0 Å². The highest BCUT2D eigenvalue weighted by atomic mass is 19.1. The lowest BCUT2D eigenvalue weighted by molar-refractivity contribution is -0.387. The Morgan fingerprint density at radius 1 is 1.43 bits per heavy atom. The Labute approximate surface area is 119 Å². The van der Waals surface area contributed by atoms with Crippen LogP contribution in [0.2, 0.25) is 0 Å². The Bertz CT molecular complexity index is 612. The van der Waals surface area contributed by atoms with Gasteiger partial charge in [0, 0.05) is 6.07 Å². The smallest absolute Gasteiger partial charge is 0.305 e. The molecular formula is C13H14F2N2O4. The minimum absolute atomic E-state index is 0.0644. The summed E-state index contributed by atoms with van der Waals surface area (Å²) in [4.78, 5) is 22.7. The van der Waals surface area contributed by atoms with E-state index in [1.54, 1.807) is 13.8 Å². The number of likely N-dealkylation sites (tertiary alicyclic amines) is 1. The second kappa shape index (κ2) is 5.03. The van der Waals surface area contributed by atoms with Crippen LogP contribution in [0.15, 0.2) is 12.1 Å². The van der Waals surface area contributed by atoms with Crippen molar-refractivity contribution in [2.24, 2.45) is 5.92 Å². The summed E-state index contributed by atoms with van der Waals surface area (Å²) in [7, 11) is 0. The number of nitro groups is 1. The normalized spacial score (nSPS) is 16.8. The van der Waals surface area contributed by atoms with Crippen molar-refractivity contribution in [2.75, 3.05) is 13.1 Å². The molecule has 1 saturated heterocycles. The van der Waals surface area contributed by atoms with Crippen LogP contribution in [0.25, 0.3) is 0 Å². The van der Waals surface area contributed by atoms with Gasteiger partial charge in [-0.15, -0.1) is 0 Å². The van der Waals surface area contributed by atoms with E-state index in [0.717, 1.165) is 4.90 Å². The van der Waals surface area contributed by atoms with Gasteiger partial charge in [-0.1, -0.05) is 13.8 Å². The van der Waals surface area contributed by atoms with Crippen LogP contribution in [0.1, 0.15) is 24.2 Å². The fourth-order valence-corrected chi connectivity index (χ4v) is 2.16. The maximum Gasteiger partial charge on any atom is 0.305 e. The molecule has 0 aliphatic carbocycles. The van der Waals surface area contributed by atoms with Gasteiger partial charge in [0.15, 0.2) is 0 Å². The third kappa shape index (κ3) is 2.46. The third-order valence-electron chi connectivity index (χ3n) is 3.77. The molecule has 114 valence electrons. The Morgan fingerprint density at radius 3 is 2.48 bits per heavy atom. The standard InChI is InChI=1S/C13H14F2N2O4/c1-7(2)13(19)5-16(6-13)12(18)10-8(14)3-4-9(11(10)15)17(20)21/h3-4,7,19H,5-6H2,1-2H3. The van der Waals surface area contributed by atoms with Crippen molar-refractivity contribution < 1.29 is 23.6 Å². The highest BCUT2D eigenvalue weighted by molar-refractivity contribution is 5.96. The predicted molar refractivity (Wildman–Crippen MR) is 68.7 cm³/mol. The van der Waals surface area contributed by atoms with Crippen molar-refractivity contribution in [1.29, 1.82) is 0 Å². The van der Waals surface area contributed by atoms with E-state index in [9.17, 15) is 28.8 Å². The Kier molecular flexibility index (Phi) is 3.66. The fraction of sp³-hybridized carbons (Fsp3) is 0.462.